The van der Waals surface area contributed by atoms with E-state index in [1.165, 1.54) is 32.2 Å². The van der Waals surface area contributed by atoms with Gasteiger partial charge in [-0.3, -0.25) is 0 Å². The van der Waals surface area contributed by atoms with Crippen molar-refractivity contribution in [2.24, 2.45) is 5.92 Å². The normalized spacial score (nSPS) is 31.6. The first kappa shape index (κ1) is 9.05. The van der Waals surface area contributed by atoms with Crippen LogP contribution >= 0.6 is 0 Å². The Kier molecular flexibility index (Phi) is 2.94. The number of hydrogen-bond donors (Lipinski definition) is 1. The molecule has 0 radical (unpaired) electrons. The van der Waals surface area contributed by atoms with Crippen molar-refractivity contribution < 1.29 is 0 Å². The molecule has 1 fully saturated rings. The second-order valence-electron chi connectivity index (χ2n) is 3.96. The Morgan fingerprint density at radius 1 is 1.36 bits per heavy atom. The van der Waals surface area contributed by atoms with Crippen LogP contribution in [0.15, 0.2) is 0 Å². The summed E-state index contributed by atoms with van der Waals surface area (Å²) in [5.74, 6) is 0.880. The fraction of sp³-hybridized carbons (Fsp3) is 1.00. The second-order valence-corrected chi connectivity index (χ2v) is 3.96. The van der Waals surface area contributed by atoms with E-state index in [9.17, 15) is 0 Å². The molecule has 1 heterocycles. The van der Waals surface area contributed by atoms with E-state index in [0.717, 1.165) is 5.92 Å². The molecule has 1 N–H and O–H groups in total. The average molecular weight is 155 g/mol. The van der Waals surface area contributed by atoms with Gasteiger partial charge >= 0.3 is 0 Å². The largest absolute Gasteiger partial charge is 0.311 e. The summed E-state index contributed by atoms with van der Waals surface area (Å²) < 4.78 is 0. The molecule has 66 valence electrons. The van der Waals surface area contributed by atoms with Gasteiger partial charge < -0.3 is 5.32 Å². The van der Waals surface area contributed by atoms with Crippen LogP contribution in [-0.4, -0.2) is 12.1 Å². The molecular formula is C10H21N. The molecule has 0 amide bonds. The van der Waals surface area contributed by atoms with Gasteiger partial charge in [-0.1, -0.05) is 26.7 Å². The maximum atomic E-state index is 3.63. The lowest BCUT2D eigenvalue weighted by molar-refractivity contribution is 0.246. The Bertz CT molecular complexity index is 110. The summed E-state index contributed by atoms with van der Waals surface area (Å²) in [7, 11) is 0. The third-order valence-corrected chi connectivity index (χ3v) is 3.29. The molecule has 1 nitrogen and oxygen atoms in total. The van der Waals surface area contributed by atoms with E-state index in [-0.39, 0.29) is 0 Å². The monoisotopic (exact) mass is 155 g/mol. The lowest BCUT2D eigenvalue weighted by Gasteiger charge is -2.33. The van der Waals surface area contributed by atoms with Crippen molar-refractivity contribution in [1.29, 1.82) is 0 Å². The van der Waals surface area contributed by atoms with Crippen LogP contribution in [-0.2, 0) is 0 Å². The molecular weight excluding hydrogens is 134 g/mol. The SMILES string of the molecule is CCC(CC)C1(C)CCCN1. The van der Waals surface area contributed by atoms with Gasteiger partial charge in [0.25, 0.3) is 0 Å². The van der Waals surface area contributed by atoms with Crippen LogP contribution < -0.4 is 5.32 Å². The fourth-order valence-electron chi connectivity index (χ4n) is 2.46. The Balaban J connectivity index is 2.53. The Morgan fingerprint density at radius 3 is 2.36 bits per heavy atom. The number of hydrogen-bond acceptors (Lipinski definition) is 1. The molecule has 0 aromatic rings. The van der Waals surface area contributed by atoms with E-state index < -0.39 is 0 Å². The molecule has 1 heteroatoms. The first-order valence-corrected chi connectivity index (χ1v) is 4.98. The predicted molar refractivity (Wildman–Crippen MR) is 49.7 cm³/mol. The molecule has 1 unspecified atom stereocenters. The van der Waals surface area contributed by atoms with Crippen molar-refractivity contribution in [1.82, 2.24) is 5.32 Å². The summed E-state index contributed by atoms with van der Waals surface area (Å²) >= 11 is 0. The smallest absolute Gasteiger partial charge is 0.0181 e. The van der Waals surface area contributed by atoms with Gasteiger partial charge in [0.1, 0.15) is 0 Å². The topological polar surface area (TPSA) is 12.0 Å². The molecule has 1 atom stereocenters. The maximum Gasteiger partial charge on any atom is 0.0181 e. The molecule has 11 heavy (non-hydrogen) atoms. The van der Waals surface area contributed by atoms with Crippen molar-refractivity contribution in [3.05, 3.63) is 0 Å². The van der Waals surface area contributed by atoms with E-state index in [1.807, 2.05) is 0 Å². The minimum Gasteiger partial charge on any atom is -0.311 e. The quantitative estimate of drug-likeness (QED) is 0.660. The molecule has 1 rings (SSSR count). The van der Waals surface area contributed by atoms with E-state index >= 15 is 0 Å². The molecule has 0 aromatic heterocycles. The summed E-state index contributed by atoms with van der Waals surface area (Å²) in [4.78, 5) is 0. The van der Waals surface area contributed by atoms with Gasteiger partial charge in [0.15, 0.2) is 0 Å². The highest BCUT2D eigenvalue weighted by atomic mass is 15.0. The van der Waals surface area contributed by atoms with E-state index in [1.54, 1.807) is 0 Å². The van der Waals surface area contributed by atoms with Crippen LogP contribution in [0.1, 0.15) is 46.5 Å². The first-order valence-electron chi connectivity index (χ1n) is 4.98. The second kappa shape index (κ2) is 3.57. The summed E-state index contributed by atoms with van der Waals surface area (Å²) in [5.41, 5.74) is 0.462. The molecule has 1 aliphatic rings. The van der Waals surface area contributed by atoms with Gasteiger partial charge in [-0.15, -0.1) is 0 Å². The highest BCUT2D eigenvalue weighted by molar-refractivity contribution is 4.93. The van der Waals surface area contributed by atoms with E-state index in [2.05, 4.69) is 26.1 Å². The number of nitrogens with one attached hydrogen (secondary N) is 1. The van der Waals surface area contributed by atoms with E-state index in [0.29, 0.717) is 5.54 Å². The first-order chi connectivity index (χ1) is 5.23. The van der Waals surface area contributed by atoms with Crippen molar-refractivity contribution in [3.63, 3.8) is 0 Å². The Labute approximate surface area is 70.6 Å². The third-order valence-electron chi connectivity index (χ3n) is 3.29. The van der Waals surface area contributed by atoms with Crippen LogP contribution in [0, 0.1) is 5.92 Å². The Morgan fingerprint density at radius 2 is 2.00 bits per heavy atom. The third kappa shape index (κ3) is 1.76. The average Bonchev–Trinajstić information content (AvgIpc) is 2.39. The van der Waals surface area contributed by atoms with Gasteiger partial charge in [-0.2, -0.15) is 0 Å². The van der Waals surface area contributed by atoms with Crippen LogP contribution in [0.3, 0.4) is 0 Å². The zero-order chi connectivity index (χ0) is 8.32. The summed E-state index contributed by atoms with van der Waals surface area (Å²) in [6, 6.07) is 0. The summed E-state index contributed by atoms with van der Waals surface area (Å²) in [6.45, 7) is 8.23. The summed E-state index contributed by atoms with van der Waals surface area (Å²) in [6.07, 6.45) is 5.38. The van der Waals surface area contributed by atoms with Crippen molar-refractivity contribution in [2.45, 2.75) is 52.0 Å². The van der Waals surface area contributed by atoms with Crippen LogP contribution in [0.25, 0.3) is 0 Å². The van der Waals surface area contributed by atoms with Gasteiger partial charge in [0.2, 0.25) is 0 Å². The van der Waals surface area contributed by atoms with Gasteiger partial charge in [0, 0.05) is 5.54 Å². The molecule has 0 saturated carbocycles. The van der Waals surface area contributed by atoms with Crippen molar-refractivity contribution in [3.8, 4) is 0 Å². The minimum absolute atomic E-state index is 0.462. The minimum atomic E-state index is 0.462. The lowest BCUT2D eigenvalue weighted by Crippen LogP contribution is -2.43. The zero-order valence-electron chi connectivity index (χ0n) is 8.11. The van der Waals surface area contributed by atoms with Gasteiger partial charge in [-0.25, -0.2) is 0 Å². The fourth-order valence-corrected chi connectivity index (χ4v) is 2.46. The van der Waals surface area contributed by atoms with Gasteiger partial charge in [-0.05, 0) is 32.2 Å². The molecule has 1 saturated heterocycles. The summed E-state index contributed by atoms with van der Waals surface area (Å²) in [5, 5.41) is 3.63. The molecule has 0 aromatic carbocycles. The highest BCUT2D eigenvalue weighted by Crippen LogP contribution is 2.31. The predicted octanol–water partition coefficient (Wildman–Crippen LogP) is 2.56. The Hall–Kier alpha value is -0.0400. The molecule has 0 bridgehead atoms. The van der Waals surface area contributed by atoms with Crippen LogP contribution in [0.4, 0.5) is 0 Å². The maximum absolute atomic E-state index is 3.63. The lowest BCUT2D eigenvalue weighted by atomic mass is 9.81. The van der Waals surface area contributed by atoms with E-state index in [4.69, 9.17) is 0 Å². The van der Waals surface area contributed by atoms with Crippen molar-refractivity contribution >= 4 is 0 Å². The molecule has 0 aliphatic carbocycles. The van der Waals surface area contributed by atoms with Crippen LogP contribution in [0.5, 0.6) is 0 Å². The number of rotatable bonds is 3. The zero-order valence-corrected chi connectivity index (χ0v) is 8.11. The molecule has 1 aliphatic heterocycles. The van der Waals surface area contributed by atoms with Crippen LogP contribution in [0.2, 0.25) is 0 Å². The molecule has 0 spiro atoms. The van der Waals surface area contributed by atoms with Gasteiger partial charge in [0.05, 0.1) is 0 Å². The standard InChI is InChI=1S/C10H21N/c1-4-9(5-2)10(3)7-6-8-11-10/h9,11H,4-8H2,1-3H3. The van der Waals surface area contributed by atoms with Crippen molar-refractivity contribution in [2.75, 3.05) is 6.54 Å². The highest BCUT2D eigenvalue weighted by Gasteiger charge is 2.33.